The Morgan fingerprint density at radius 3 is 2.77 bits per heavy atom. The fourth-order valence-electron chi connectivity index (χ4n) is 4.68. The van der Waals surface area contributed by atoms with E-state index in [0.29, 0.717) is 13.2 Å². The molecule has 164 valence electrons. The van der Waals surface area contributed by atoms with E-state index in [1.807, 2.05) is 29.8 Å². The molecule has 0 bridgehead atoms. The van der Waals surface area contributed by atoms with Gasteiger partial charge in [-0.05, 0) is 32.3 Å². The van der Waals surface area contributed by atoms with Gasteiger partial charge in [-0.25, -0.2) is 4.98 Å². The molecule has 2 aliphatic rings. The van der Waals surface area contributed by atoms with Gasteiger partial charge in [0.15, 0.2) is 11.5 Å². The lowest BCUT2D eigenvalue weighted by atomic mass is 9.78. The van der Waals surface area contributed by atoms with Crippen LogP contribution in [-0.4, -0.2) is 64.2 Å². The Morgan fingerprint density at radius 1 is 1.23 bits per heavy atom. The summed E-state index contributed by atoms with van der Waals surface area (Å²) in [7, 11) is 1.68. The zero-order valence-corrected chi connectivity index (χ0v) is 18.0. The first kappa shape index (κ1) is 21.2. The van der Waals surface area contributed by atoms with Crippen LogP contribution in [0.2, 0.25) is 0 Å². The minimum Gasteiger partial charge on any atom is -0.493 e. The molecule has 1 N–H and O–H groups in total. The number of hydrogen-bond donors (Lipinski definition) is 1. The van der Waals surface area contributed by atoms with E-state index in [4.69, 9.17) is 14.2 Å². The van der Waals surface area contributed by atoms with Gasteiger partial charge < -0.3 is 23.9 Å². The number of ether oxygens (including phenoxy) is 3. The number of likely N-dealkylation sites (tertiary alicyclic amines) is 1. The van der Waals surface area contributed by atoms with Gasteiger partial charge in [-0.1, -0.05) is 12.1 Å². The Kier molecular flexibility index (Phi) is 6.32. The Labute approximate surface area is 178 Å². The van der Waals surface area contributed by atoms with E-state index in [1.54, 1.807) is 19.6 Å². The first-order valence-corrected chi connectivity index (χ1v) is 10.8. The van der Waals surface area contributed by atoms with Crippen molar-refractivity contribution in [1.29, 1.82) is 0 Å². The van der Waals surface area contributed by atoms with Gasteiger partial charge in [0.2, 0.25) is 0 Å². The van der Waals surface area contributed by atoms with Crippen molar-refractivity contribution in [2.45, 2.75) is 56.9 Å². The third-order valence-corrected chi connectivity index (χ3v) is 6.35. The molecule has 7 heteroatoms. The van der Waals surface area contributed by atoms with Crippen LogP contribution in [0.5, 0.6) is 11.5 Å². The van der Waals surface area contributed by atoms with Crippen molar-refractivity contribution in [2.24, 2.45) is 0 Å². The summed E-state index contributed by atoms with van der Waals surface area (Å²) < 4.78 is 19.9. The molecule has 2 aromatic rings. The van der Waals surface area contributed by atoms with Crippen LogP contribution in [0, 0.1) is 0 Å². The van der Waals surface area contributed by atoms with Crippen LogP contribution in [0.4, 0.5) is 0 Å². The lowest BCUT2D eigenvalue weighted by molar-refractivity contribution is -0.173. The van der Waals surface area contributed by atoms with Gasteiger partial charge in [-0.15, -0.1) is 0 Å². The Morgan fingerprint density at radius 2 is 2.07 bits per heavy atom. The summed E-state index contributed by atoms with van der Waals surface area (Å²) >= 11 is 0. The number of piperidine rings is 1. The van der Waals surface area contributed by atoms with Gasteiger partial charge in [0, 0.05) is 44.0 Å². The molecule has 2 saturated heterocycles. The molecule has 0 saturated carbocycles. The third-order valence-electron chi connectivity index (χ3n) is 6.35. The maximum atomic E-state index is 10.5. The average molecular weight is 416 g/mol. The van der Waals surface area contributed by atoms with Gasteiger partial charge in [-0.2, -0.15) is 0 Å². The molecule has 0 amide bonds. The number of aliphatic hydroxyl groups is 1. The smallest absolute Gasteiger partial charge is 0.165 e. The summed E-state index contributed by atoms with van der Waals surface area (Å²) in [5.41, 5.74) is 0.354. The molecule has 1 unspecified atom stereocenters. The predicted molar refractivity (Wildman–Crippen MR) is 114 cm³/mol. The van der Waals surface area contributed by atoms with Crippen molar-refractivity contribution in [2.75, 3.05) is 33.4 Å². The summed E-state index contributed by atoms with van der Waals surface area (Å²) in [6.07, 6.45) is 8.85. The highest BCUT2D eigenvalue weighted by molar-refractivity contribution is 5.46. The van der Waals surface area contributed by atoms with Gasteiger partial charge in [-0.3, -0.25) is 4.90 Å². The van der Waals surface area contributed by atoms with Gasteiger partial charge >= 0.3 is 0 Å². The van der Waals surface area contributed by atoms with E-state index in [0.717, 1.165) is 68.9 Å². The molecule has 1 aromatic carbocycles. The highest BCUT2D eigenvalue weighted by Gasteiger charge is 2.44. The number of methoxy groups -OCH3 is 1. The topological polar surface area (TPSA) is 69.0 Å². The molecule has 0 aliphatic carbocycles. The van der Waals surface area contributed by atoms with Crippen LogP contribution in [0.1, 0.15) is 38.2 Å². The lowest BCUT2D eigenvalue weighted by Crippen LogP contribution is -2.53. The zero-order chi connectivity index (χ0) is 21.0. The van der Waals surface area contributed by atoms with Crippen molar-refractivity contribution >= 4 is 0 Å². The van der Waals surface area contributed by atoms with Crippen molar-refractivity contribution in [3.05, 3.63) is 42.5 Å². The van der Waals surface area contributed by atoms with Crippen LogP contribution >= 0.6 is 0 Å². The number of rotatable bonds is 7. The molecule has 2 fully saturated rings. The summed E-state index contributed by atoms with van der Waals surface area (Å²) in [5, 5.41) is 10.5. The standard InChI is InChI=1S/C23H33N3O4/c1-22(27)8-14-30-23(17-22)6-10-25(11-7-23)16-19-4-3-5-20(28-2)21(19)29-15-13-26-12-9-24-18-26/h3-5,9,12,18,27H,6-8,10-11,13-17H2,1-2H3. The first-order chi connectivity index (χ1) is 14.5. The largest absolute Gasteiger partial charge is 0.493 e. The van der Waals surface area contributed by atoms with E-state index in [1.165, 1.54) is 0 Å². The molecule has 1 spiro atoms. The molecule has 3 heterocycles. The van der Waals surface area contributed by atoms with E-state index >= 15 is 0 Å². The minimum atomic E-state index is -0.608. The monoisotopic (exact) mass is 415 g/mol. The zero-order valence-electron chi connectivity index (χ0n) is 18.0. The van der Waals surface area contributed by atoms with Crippen LogP contribution in [0.3, 0.4) is 0 Å². The highest BCUT2D eigenvalue weighted by atomic mass is 16.5. The van der Waals surface area contributed by atoms with Gasteiger partial charge in [0.25, 0.3) is 0 Å². The maximum Gasteiger partial charge on any atom is 0.165 e. The van der Waals surface area contributed by atoms with Gasteiger partial charge in [0.05, 0.1) is 37.8 Å². The van der Waals surface area contributed by atoms with E-state index in [9.17, 15) is 5.11 Å². The number of imidazole rings is 1. The molecule has 30 heavy (non-hydrogen) atoms. The molecule has 0 radical (unpaired) electrons. The van der Waals surface area contributed by atoms with Crippen LogP contribution < -0.4 is 9.47 Å². The average Bonchev–Trinajstić information content (AvgIpc) is 3.23. The maximum absolute atomic E-state index is 10.5. The van der Waals surface area contributed by atoms with Crippen molar-refractivity contribution in [3.8, 4) is 11.5 Å². The molecule has 7 nitrogen and oxygen atoms in total. The quantitative estimate of drug-likeness (QED) is 0.750. The fraction of sp³-hybridized carbons (Fsp3) is 0.609. The number of aromatic nitrogens is 2. The normalized spacial score (nSPS) is 24.1. The predicted octanol–water partition coefficient (Wildman–Crippen LogP) is 2.87. The third kappa shape index (κ3) is 4.96. The molecule has 1 atom stereocenters. The second-order valence-electron chi connectivity index (χ2n) is 8.83. The first-order valence-electron chi connectivity index (χ1n) is 10.8. The summed E-state index contributed by atoms with van der Waals surface area (Å²) in [6.45, 7) is 6.58. The van der Waals surface area contributed by atoms with Crippen molar-refractivity contribution in [1.82, 2.24) is 14.5 Å². The second kappa shape index (κ2) is 8.96. The number of para-hydroxylation sites is 1. The molecule has 2 aliphatic heterocycles. The van der Waals surface area contributed by atoms with E-state index in [-0.39, 0.29) is 5.60 Å². The summed E-state index contributed by atoms with van der Waals surface area (Å²) in [5.74, 6) is 1.58. The summed E-state index contributed by atoms with van der Waals surface area (Å²) in [4.78, 5) is 6.51. The Bertz CT molecular complexity index is 814. The SMILES string of the molecule is COc1cccc(CN2CCC3(CC2)CC(C)(O)CCO3)c1OCCn1ccnc1. The van der Waals surface area contributed by atoms with E-state index in [2.05, 4.69) is 16.0 Å². The van der Waals surface area contributed by atoms with Crippen LogP contribution in [0.15, 0.2) is 36.9 Å². The number of benzene rings is 1. The highest BCUT2D eigenvalue weighted by Crippen LogP contribution is 2.40. The van der Waals surface area contributed by atoms with Crippen LogP contribution in [0.25, 0.3) is 0 Å². The molecule has 1 aromatic heterocycles. The minimum absolute atomic E-state index is 0.170. The molecular formula is C23H33N3O4. The summed E-state index contributed by atoms with van der Waals surface area (Å²) in [6, 6.07) is 6.07. The number of nitrogens with zero attached hydrogens (tertiary/aromatic N) is 3. The van der Waals surface area contributed by atoms with Crippen molar-refractivity contribution in [3.63, 3.8) is 0 Å². The second-order valence-corrected chi connectivity index (χ2v) is 8.83. The van der Waals surface area contributed by atoms with E-state index < -0.39 is 5.60 Å². The van der Waals surface area contributed by atoms with Crippen molar-refractivity contribution < 1.29 is 19.3 Å². The lowest BCUT2D eigenvalue weighted by Gasteiger charge is -2.48. The Balaban J connectivity index is 1.38. The fourth-order valence-corrected chi connectivity index (χ4v) is 4.68. The Hall–Kier alpha value is -2.09. The number of hydrogen-bond acceptors (Lipinski definition) is 6. The van der Waals surface area contributed by atoms with Crippen LogP contribution in [-0.2, 0) is 17.8 Å². The molecular weight excluding hydrogens is 382 g/mol. The molecule has 4 rings (SSSR count). The van der Waals surface area contributed by atoms with Gasteiger partial charge in [0.1, 0.15) is 6.61 Å².